The molecule has 0 saturated carbocycles. The number of aryl methyl sites for hydroxylation is 3. The van der Waals surface area contributed by atoms with Gasteiger partial charge in [0.1, 0.15) is 0 Å². The van der Waals surface area contributed by atoms with Crippen LogP contribution in [0.3, 0.4) is 0 Å². The zero-order valence-electron chi connectivity index (χ0n) is 17.4. The molecule has 1 heteroatoms. The van der Waals surface area contributed by atoms with Crippen LogP contribution in [0.5, 0.6) is 0 Å². The predicted octanol–water partition coefficient (Wildman–Crippen LogP) is 5.76. The molecule has 3 aromatic carbocycles. The van der Waals surface area contributed by atoms with Gasteiger partial charge in [-0.25, -0.2) is 0 Å². The highest BCUT2D eigenvalue weighted by Crippen LogP contribution is 2.07. The number of hydrogen-bond donors (Lipinski definition) is 0. The third-order valence-corrected chi connectivity index (χ3v) is 6.40. The summed E-state index contributed by atoms with van der Waals surface area (Å²) in [7, 11) is -2.42. The minimum Gasteiger partial charge on any atom is -0.0955 e. The predicted molar refractivity (Wildman–Crippen MR) is 126 cm³/mol. The Balaban J connectivity index is 1.98. The minimum absolute atomic E-state index is 1.00. The van der Waals surface area contributed by atoms with E-state index in [9.17, 15) is 0 Å². The smallest absolute Gasteiger partial charge is 0.0955 e. The lowest BCUT2D eigenvalue weighted by atomic mass is 10.2. The molecule has 0 spiro atoms. The normalized spacial score (nSPS) is 9.93. The van der Waals surface area contributed by atoms with Crippen LogP contribution in [0, 0.1) is 55.2 Å². The quantitative estimate of drug-likeness (QED) is 0.339. The first-order valence-electron chi connectivity index (χ1n) is 9.71. The molecule has 29 heavy (non-hydrogen) atoms. The topological polar surface area (TPSA) is 0 Å². The molecule has 0 radical (unpaired) electrons. The van der Waals surface area contributed by atoms with Crippen molar-refractivity contribution in [3.63, 3.8) is 0 Å². The van der Waals surface area contributed by atoms with Crippen molar-refractivity contribution in [1.82, 2.24) is 0 Å². The van der Waals surface area contributed by atoms with Crippen molar-refractivity contribution in [2.24, 2.45) is 0 Å². The Labute approximate surface area is 176 Å². The zero-order valence-corrected chi connectivity index (χ0v) is 18.4. The van der Waals surface area contributed by atoms with E-state index in [-0.39, 0.29) is 0 Å². The molecule has 0 aliphatic carbocycles. The molecule has 0 saturated heterocycles. The summed E-state index contributed by atoms with van der Waals surface area (Å²) < 4.78 is 0. The fourth-order valence-corrected chi connectivity index (χ4v) is 3.97. The van der Waals surface area contributed by atoms with Gasteiger partial charge in [-0.15, -0.1) is 0 Å². The van der Waals surface area contributed by atoms with E-state index in [2.05, 4.69) is 135 Å². The van der Waals surface area contributed by atoms with Crippen molar-refractivity contribution in [1.29, 1.82) is 0 Å². The molecular weight excluding hydrogens is 364 g/mol. The number of hydrogen-bond acceptors (Lipinski definition) is 0. The van der Waals surface area contributed by atoms with E-state index in [1.165, 1.54) is 16.7 Å². The maximum absolute atomic E-state index is 3.44. The van der Waals surface area contributed by atoms with E-state index in [1.807, 2.05) is 0 Å². The highest BCUT2D eigenvalue weighted by atomic mass is 28.3. The largest absolute Gasteiger partial charge is 0.289 e. The molecule has 0 aliphatic heterocycles. The van der Waals surface area contributed by atoms with E-state index < -0.39 is 8.07 Å². The molecule has 0 atom stereocenters. The lowest BCUT2D eigenvalue weighted by Crippen LogP contribution is -2.25. The summed E-state index contributed by atoms with van der Waals surface area (Å²) in [6.45, 7) is 8.36. The Kier molecular flexibility index (Phi) is 6.42. The molecule has 3 aromatic rings. The number of benzene rings is 3. The van der Waals surface area contributed by atoms with Gasteiger partial charge in [-0.05, 0) is 63.7 Å². The van der Waals surface area contributed by atoms with Crippen molar-refractivity contribution in [2.45, 2.75) is 27.3 Å². The molecule has 0 nitrogen and oxygen atoms in total. The first kappa shape index (κ1) is 20.3. The highest BCUT2D eigenvalue weighted by molar-refractivity contribution is 6.99. The van der Waals surface area contributed by atoms with Gasteiger partial charge in [0.2, 0.25) is 0 Å². The molecule has 0 N–H and O–H groups in total. The minimum atomic E-state index is -2.42. The van der Waals surface area contributed by atoms with Gasteiger partial charge in [0.05, 0.1) is 0 Å². The second-order valence-corrected chi connectivity index (χ2v) is 10.5. The van der Waals surface area contributed by atoms with Crippen LogP contribution in [0.15, 0.2) is 72.8 Å². The van der Waals surface area contributed by atoms with Crippen LogP contribution in [-0.2, 0) is 0 Å². The van der Waals surface area contributed by atoms with Gasteiger partial charge in [-0.1, -0.05) is 87.5 Å². The van der Waals surface area contributed by atoms with Gasteiger partial charge >= 0.3 is 0 Å². The zero-order chi connectivity index (χ0) is 20.7. The molecule has 140 valence electrons. The van der Waals surface area contributed by atoms with Crippen molar-refractivity contribution >= 4 is 8.07 Å². The van der Waals surface area contributed by atoms with Crippen molar-refractivity contribution in [3.05, 3.63) is 106 Å². The van der Waals surface area contributed by atoms with E-state index in [0.29, 0.717) is 0 Å². The number of rotatable bonds is 0. The Morgan fingerprint density at radius 3 is 0.931 bits per heavy atom. The standard InChI is InChI=1S/C28H24Si/c1-23-5-11-26(12-6-23)17-20-29(4,21-18-27-13-7-24(2)8-14-27)22-19-28-15-9-25(3)10-16-28/h5-16H,1-4H3. The highest BCUT2D eigenvalue weighted by Gasteiger charge is 2.19. The first-order valence-corrected chi connectivity index (χ1v) is 12.2. The second kappa shape index (κ2) is 9.17. The summed E-state index contributed by atoms with van der Waals surface area (Å²) >= 11 is 0. The van der Waals surface area contributed by atoms with Gasteiger partial charge in [0.25, 0.3) is 8.07 Å². The summed E-state index contributed by atoms with van der Waals surface area (Å²) in [5.74, 6) is 9.93. The lowest BCUT2D eigenvalue weighted by molar-refractivity contribution is 1.46. The van der Waals surface area contributed by atoms with Crippen LogP contribution in [-0.4, -0.2) is 8.07 Å². The SMILES string of the molecule is Cc1ccc(C#C[Si](C)(C#Cc2ccc(C)cc2)C#Cc2ccc(C)cc2)cc1. The van der Waals surface area contributed by atoms with Gasteiger partial charge in [0.15, 0.2) is 0 Å². The average Bonchev–Trinajstić information content (AvgIpc) is 2.73. The molecule has 0 fully saturated rings. The molecule has 0 heterocycles. The Morgan fingerprint density at radius 1 is 0.448 bits per heavy atom. The summed E-state index contributed by atoms with van der Waals surface area (Å²) in [5, 5.41) is 0. The Hall–Kier alpha value is -3.44. The van der Waals surface area contributed by atoms with Crippen LogP contribution < -0.4 is 0 Å². The van der Waals surface area contributed by atoms with Crippen LogP contribution in [0.2, 0.25) is 6.55 Å². The van der Waals surface area contributed by atoms with Crippen molar-refractivity contribution < 1.29 is 0 Å². The monoisotopic (exact) mass is 388 g/mol. The van der Waals surface area contributed by atoms with Gasteiger partial charge < -0.3 is 0 Å². The van der Waals surface area contributed by atoms with E-state index in [4.69, 9.17) is 0 Å². The van der Waals surface area contributed by atoms with Gasteiger partial charge in [-0.3, -0.25) is 0 Å². The average molecular weight is 389 g/mol. The Bertz CT molecular complexity index is 1010. The van der Waals surface area contributed by atoms with Crippen molar-refractivity contribution in [2.75, 3.05) is 0 Å². The van der Waals surface area contributed by atoms with E-state index >= 15 is 0 Å². The maximum Gasteiger partial charge on any atom is 0.289 e. The van der Waals surface area contributed by atoms with Crippen LogP contribution in [0.4, 0.5) is 0 Å². The van der Waals surface area contributed by atoms with Crippen molar-refractivity contribution in [3.8, 4) is 34.4 Å². The molecular formula is C28H24Si. The molecule has 0 unspecified atom stereocenters. The fourth-order valence-electron chi connectivity index (χ4n) is 2.60. The van der Waals surface area contributed by atoms with Crippen LogP contribution in [0.1, 0.15) is 33.4 Å². The molecule has 0 aliphatic rings. The van der Waals surface area contributed by atoms with Gasteiger partial charge in [-0.2, -0.15) is 0 Å². The fraction of sp³-hybridized carbons (Fsp3) is 0.143. The molecule has 0 aromatic heterocycles. The van der Waals surface area contributed by atoms with Crippen LogP contribution in [0.25, 0.3) is 0 Å². The molecule has 0 bridgehead atoms. The van der Waals surface area contributed by atoms with Crippen LogP contribution >= 0.6 is 0 Å². The molecule has 3 rings (SSSR count). The van der Waals surface area contributed by atoms with E-state index in [1.54, 1.807) is 0 Å². The van der Waals surface area contributed by atoms with E-state index in [0.717, 1.165) is 16.7 Å². The second-order valence-electron chi connectivity index (χ2n) is 7.47. The third kappa shape index (κ3) is 6.29. The maximum atomic E-state index is 3.44. The third-order valence-electron chi connectivity index (χ3n) is 4.53. The Morgan fingerprint density at radius 2 is 0.690 bits per heavy atom. The summed E-state index contributed by atoms with van der Waals surface area (Å²) in [5.41, 5.74) is 17.0. The summed E-state index contributed by atoms with van der Waals surface area (Å²) in [6, 6.07) is 24.8. The summed E-state index contributed by atoms with van der Waals surface area (Å²) in [6.07, 6.45) is 0. The molecule has 0 amide bonds. The summed E-state index contributed by atoms with van der Waals surface area (Å²) in [4.78, 5) is 0. The lowest BCUT2D eigenvalue weighted by Gasteiger charge is -2.04. The van der Waals surface area contributed by atoms with Gasteiger partial charge in [0, 0.05) is 16.7 Å². The first-order chi connectivity index (χ1) is 13.9.